The molecule has 0 atom stereocenters. The quantitative estimate of drug-likeness (QED) is 0.532. The molecule has 0 saturated carbocycles. The van der Waals surface area contributed by atoms with E-state index in [0.29, 0.717) is 11.3 Å². The summed E-state index contributed by atoms with van der Waals surface area (Å²) in [4.78, 5) is 4.61. The first-order valence-electron chi connectivity index (χ1n) is 8.64. The summed E-state index contributed by atoms with van der Waals surface area (Å²) in [6.45, 7) is 1.96. The van der Waals surface area contributed by atoms with Crippen molar-refractivity contribution in [3.8, 4) is 45.5 Å². The SMILES string of the molecule is COc1ccc(-c2c(-c3csc(C)n3)cnn2-c2ccccc2)c(O)c1OC. The molecule has 28 heavy (non-hydrogen) atoms. The van der Waals surface area contributed by atoms with Crippen molar-refractivity contribution in [1.29, 1.82) is 0 Å². The molecule has 2 heterocycles. The Kier molecular flexibility index (Phi) is 4.75. The van der Waals surface area contributed by atoms with Gasteiger partial charge in [-0.3, -0.25) is 0 Å². The monoisotopic (exact) mass is 393 g/mol. The average molecular weight is 393 g/mol. The number of hydrogen-bond acceptors (Lipinski definition) is 6. The van der Waals surface area contributed by atoms with E-state index in [9.17, 15) is 5.11 Å². The summed E-state index contributed by atoms with van der Waals surface area (Å²) in [6, 6.07) is 13.3. The fourth-order valence-corrected chi connectivity index (χ4v) is 3.76. The third-order valence-electron chi connectivity index (χ3n) is 4.44. The van der Waals surface area contributed by atoms with Gasteiger partial charge in [0.2, 0.25) is 5.75 Å². The van der Waals surface area contributed by atoms with E-state index in [1.165, 1.54) is 14.2 Å². The molecule has 2 aromatic heterocycles. The number of hydrogen-bond donors (Lipinski definition) is 1. The van der Waals surface area contributed by atoms with Crippen LogP contribution in [-0.4, -0.2) is 34.1 Å². The number of rotatable bonds is 5. The second-order valence-electron chi connectivity index (χ2n) is 6.10. The molecule has 0 saturated heterocycles. The average Bonchev–Trinajstić information content (AvgIpc) is 3.34. The summed E-state index contributed by atoms with van der Waals surface area (Å²) in [6.07, 6.45) is 1.77. The number of nitrogens with zero attached hydrogens (tertiary/aromatic N) is 3. The Morgan fingerprint density at radius 2 is 1.79 bits per heavy atom. The summed E-state index contributed by atoms with van der Waals surface area (Å²) in [5, 5.41) is 18.5. The largest absolute Gasteiger partial charge is 0.504 e. The first kappa shape index (κ1) is 18.1. The molecule has 0 bridgehead atoms. The van der Waals surface area contributed by atoms with E-state index in [1.807, 2.05) is 42.6 Å². The van der Waals surface area contributed by atoms with Crippen LogP contribution >= 0.6 is 11.3 Å². The van der Waals surface area contributed by atoms with Crippen LogP contribution in [0.4, 0.5) is 0 Å². The van der Waals surface area contributed by atoms with Gasteiger partial charge < -0.3 is 14.6 Å². The van der Waals surface area contributed by atoms with Crippen molar-refractivity contribution in [1.82, 2.24) is 14.8 Å². The minimum Gasteiger partial charge on any atom is -0.504 e. The van der Waals surface area contributed by atoms with E-state index < -0.39 is 0 Å². The number of thiazole rings is 1. The number of para-hydroxylation sites is 1. The highest BCUT2D eigenvalue weighted by Gasteiger charge is 2.23. The maximum Gasteiger partial charge on any atom is 0.203 e. The first-order chi connectivity index (χ1) is 13.6. The molecule has 0 aliphatic rings. The second-order valence-corrected chi connectivity index (χ2v) is 7.17. The minimum absolute atomic E-state index is 0.00673. The zero-order valence-electron chi connectivity index (χ0n) is 15.7. The Balaban J connectivity index is 2.01. The van der Waals surface area contributed by atoms with E-state index >= 15 is 0 Å². The molecule has 0 radical (unpaired) electrons. The molecule has 0 aliphatic carbocycles. The maximum atomic E-state index is 11.0. The second kappa shape index (κ2) is 7.36. The number of methoxy groups -OCH3 is 2. The molecule has 4 rings (SSSR count). The lowest BCUT2D eigenvalue weighted by atomic mass is 10.0. The smallest absolute Gasteiger partial charge is 0.203 e. The molecule has 4 aromatic rings. The fourth-order valence-electron chi connectivity index (χ4n) is 3.15. The molecule has 0 spiro atoms. The zero-order chi connectivity index (χ0) is 19.7. The number of aryl methyl sites for hydroxylation is 1. The number of aromatic hydroxyl groups is 1. The summed E-state index contributed by atoms with van der Waals surface area (Å²) in [5.41, 5.74) is 3.84. The van der Waals surface area contributed by atoms with Crippen LogP contribution in [0.3, 0.4) is 0 Å². The van der Waals surface area contributed by atoms with E-state index in [1.54, 1.807) is 34.3 Å². The van der Waals surface area contributed by atoms with Crippen LogP contribution < -0.4 is 9.47 Å². The van der Waals surface area contributed by atoms with Crippen LogP contribution in [0.1, 0.15) is 5.01 Å². The first-order valence-corrected chi connectivity index (χ1v) is 9.52. The molecule has 0 fully saturated rings. The standard InChI is InChI=1S/C21H19N3O3S/c1-13-23-17(12-28-13)16-11-22-24(14-7-5-4-6-8-14)19(16)15-9-10-18(26-2)21(27-3)20(15)25/h4-12,25H,1-3H3. The van der Waals surface area contributed by atoms with Crippen molar-refractivity contribution in [3.63, 3.8) is 0 Å². The summed E-state index contributed by atoms with van der Waals surface area (Å²) in [5.74, 6) is 0.731. The normalized spacial score (nSPS) is 10.8. The van der Waals surface area contributed by atoms with E-state index in [-0.39, 0.29) is 11.5 Å². The predicted molar refractivity (Wildman–Crippen MR) is 110 cm³/mol. The number of benzene rings is 2. The van der Waals surface area contributed by atoms with Crippen molar-refractivity contribution in [2.45, 2.75) is 6.92 Å². The molecule has 2 aromatic carbocycles. The van der Waals surface area contributed by atoms with Gasteiger partial charge in [0, 0.05) is 16.5 Å². The van der Waals surface area contributed by atoms with Gasteiger partial charge in [-0.25, -0.2) is 9.67 Å². The van der Waals surface area contributed by atoms with Crippen LogP contribution in [0.15, 0.2) is 54.0 Å². The van der Waals surface area contributed by atoms with Gasteiger partial charge in [-0.15, -0.1) is 11.3 Å². The lowest BCUT2D eigenvalue weighted by Gasteiger charge is -2.15. The molecule has 0 amide bonds. The van der Waals surface area contributed by atoms with Crippen LogP contribution in [0.5, 0.6) is 17.2 Å². The number of phenols is 1. The van der Waals surface area contributed by atoms with Gasteiger partial charge in [0.25, 0.3) is 0 Å². The highest BCUT2D eigenvalue weighted by atomic mass is 32.1. The lowest BCUT2D eigenvalue weighted by molar-refractivity contribution is 0.333. The van der Waals surface area contributed by atoms with Gasteiger partial charge in [0.1, 0.15) is 0 Å². The Morgan fingerprint density at radius 1 is 1.00 bits per heavy atom. The Bertz CT molecular complexity index is 1120. The van der Waals surface area contributed by atoms with Gasteiger partial charge in [-0.05, 0) is 31.2 Å². The van der Waals surface area contributed by atoms with E-state index in [4.69, 9.17) is 9.47 Å². The van der Waals surface area contributed by atoms with Crippen molar-refractivity contribution >= 4 is 11.3 Å². The molecule has 7 heteroatoms. The lowest BCUT2D eigenvalue weighted by Crippen LogP contribution is -2.00. The van der Waals surface area contributed by atoms with Crippen molar-refractivity contribution in [2.75, 3.05) is 14.2 Å². The fraction of sp³-hybridized carbons (Fsp3) is 0.143. The third kappa shape index (κ3) is 2.99. The molecular formula is C21H19N3O3S. The molecule has 0 aliphatic heterocycles. The topological polar surface area (TPSA) is 69.4 Å². The maximum absolute atomic E-state index is 11.0. The number of aromatic nitrogens is 3. The summed E-state index contributed by atoms with van der Waals surface area (Å²) >= 11 is 1.57. The highest BCUT2D eigenvalue weighted by molar-refractivity contribution is 7.09. The molecule has 6 nitrogen and oxygen atoms in total. The van der Waals surface area contributed by atoms with Crippen molar-refractivity contribution in [3.05, 3.63) is 59.0 Å². The molecule has 0 unspecified atom stereocenters. The predicted octanol–water partition coefficient (Wildman–Crippen LogP) is 4.69. The van der Waals surface area contributed by atoms with Crippen LogP contribution in [0, 0.1) is 6.92 Å². The van der Waals surface area contributed by atoms with Crippen LogP contribution in [0.2, 0.25) is 0 Å². The molecule has 1 N–H and O–H groups in total. The minimum atomic E-state index is -0.00673. The van der Waals surface area contributed by atoms with Crippen LogP contribution in [-0.2, 0) is 0 Å². The van der Waals surface area contributed by atoms with Gasteiger partial charge >= 0.3 is 0 Å². The van der Waals surface area contributed by atoms with Gasteiger partial charge in [-0.1, -0.05) is 18.2 Å². The van der Waals surface area contributed by atoms with Gasteiger partial charge in [-0.2, -0.15) is 5.10 Å². The van der Waals surface area contributed by atoms with Crippen molar-refractivity contribution in [2.24, 2.45) is 0 Å². The Morgan fingerprint density at radius 3 is 2.43 bits per heavy atom. The van der Waals surface area contributed by atoms with Gasteiger partial charge in [0.15, 0.2) is 11.5 Å². The van der Waals surface area contributed by atoms with Crippen molar-refractivity contribution < 1.29 is 14.6 Å². The Hall–Kier alpha value is -3.32. The van der Waals surface area contributed by atoms with E-state index in [0.717, 1.165) is 27.6 Å². The Labute approximate surface area is 166 Å². The van der Waals surface area contributed by atoms with Gasteiger partial charge in [0.05, 0.1) is 42.5 Å². The number of ether oxygens (including phenoxy) is 2. The molecule has 142 valence electrons. The zero-order valence-corrected chi connectivity index (χ0v) is 16.5. The summed E-state index contributed by atoms with van der Waals surface area (Å²) in [7, 11) is 3.04. The molecular weight excluding hydrogens is 374 g/mol. The van der Waals surface area contributed by atoms with Crippen LogP contribution in [0.25, 0.3) is 28.2 Å². The number of phenolic OH excluding ortho intramolecular Hbond substituents is 1. The highest BCUT2D eigenvalue weighted by Crippen LogP contribution is 2.46. The van der Waals surface area contributed by atoms with E-state index in [2.05, 4.69) is 10.1 Å². The summed E-state index contributed by atoms with van der Waals surface area (Å²) < 4.78 is 12.5. The third-order valence-corrected chi connectivity index (χ3v) is 5.21.